The van der Waals surface area contributed by atoms with Crippen LogP contribution in [0, 0.1) is 0 Å². The fourth-order valence-corrected chi connectivity index (χ4v) is 2.03. The maximum atomic E-state index is 6.14. The quantitative estimate of drug-likeness (QED) is 0.548. The number of pyridine rings is 1. The Bertz CT molecular complexity index is 560. The van der Waals surface area contributed by atoms with Crippen LogP contribution >= 0.6 is 11.8 Å². The molecule has 0 amide bonds. The largest absolute Gasteiger partial charge is 0.237 e. The summed E-state index contributed by atoms with van der Waals surface area (Å²) in [5, 5.41) is 2.24. The third-order valence-electron chi connectivity index (χ3n) is 2.38. The number of halogens is 1. The zero-order valence-electron chi connectivity index (χ0n) is 7.31. The van der Waals surface area contributed by atoms with E-state index in [1.165, 1.54) is 0 Å². The van der Waals surface area contributed by atoms with Crippen LogP contribution in [-0.2, 0) is 0 Å². The van der Waals surface area contributed by atoms with E-state index in [2.05, 4.69) is 11.1 Å². The van der Waals surface area contributed by atoms with E-state index in [0.29, 0.717) is 0 Å². The minimum Gasteiger partial charge on any atom is -0.237 e. The highest BCUT2D eigenvalue weighted by atomic mass is 35.5. The molecule has 2 heterocycles. The van der Waals surface area contributed by atoms with Crippen molar-refractivity contribution in [1.29, 1.82) is 0 Å². The van der Waals surface area contributed by atoms with Crippen LogP contribution in [0.5, 0.6) is 0 Å². The summed E-state index contributed by atoms with van der Waals surface area (Å²) in [6, 6.07) is 12.0. The first kappa shape index (κ1) is 7.83. The molecule has 0 N–H and O–H groups in total. The zero-order chi connectivity index (χ0) is 9.54. The second kappa shape index (κ2) is 2.72. The summed E-state index contributed by atoms with van der Waals surface area (Å²) in [4.78, 5) is 4.25. The molecule has 3 rings (SSSR count). The van der Waals surface area contributed by atoms with Crippen LogP contribution < -0.4 is 0 Å². The molecule has 0 saturated heterocycles. The molecule has 0 aliphatic rings. The Morgan fingerprint density at radius 3 is 2.71 bits per heavy atom. The van der Waals surface area contributed by atoms with Gasteiger partial charge in [0.25, 0.3) is 0 Å². The molecule has 0 saturated carbocycles. The molecule has 3 aromatic rings. The van der Waals surface area contributed by atoms with Crippen molar-refractivity contribution >= 4 is 33.7 Å². The highest BCUT2D eigenvalue weighted by Crippen LogP contribution is 2.27. The van der Waals surface area contributed by atoms with Gasteiger partial charge in [0, 0.05) is 28.7 Å². The van der Waals surface area contributed by atoms with Crippen molar-refractivity contribution in [3.63, 3.8) is 0 Å². The maximum Gasteiger partial charge on any atom is 0.155 e. The number of para-hydroxylation sites is 1. The van der Waals surface area contributed by atoms with Crippen molar-refractivity contribution in [2.45, 2.75) is 0 Å². The van der Waals surface area contributed by atoms with Gasteiger partial charge < -0.3 is 0 Å². The van der Waals surface area contributed by atoms with Gasteiger partial charge >= 0.3 is 0 Å². The van der Waals surface area contributed by atoms with E-state index >= 15 is 0 Å². The minimum atomic E-state index is 0.815. The highest BCUT2D eigenvalue weighted by Gasteiger charge is 2.07. The molecule has 0 bridgehead atoms. The normalized spacial score (nSPS) is 11.2. The zero-order valence-corrected chi connectivity index (χ0v) is 8.07. The van der Waals surface area contributed by atoms with Crippen LogP contribution in [0.3, 0.4) is 0 Å². The number of fused-ring (bicyclic) bond motifs is 3. The van der Waals surface area contributed by atoms with Gasteiger partial charge in [0.1, 0.15) is 0 Å². The van der Waals surface area contributed by atoms with Crippen molar-refractivity contribution in [3.05, 3.63) is 42.6 Å². The van der Waals surface area contributed by atoms with Gasteiger partial charge in [0.15, 0.2) is 5.65 Å². The molecule has 0 atom stereocenters. The number of benzene rings is 1. The predicted molar refractivity (Wildman–Crippen MR) is 58.5 cm³/mol. The standard InChI is InChI=1S/C11H7ClN2/c12-14-10-6-2-1-4-8(10)9-5-3-7-13-11(9)14/h1-7H. The van der Waals surface area contributed by atoms with Gasteiger partial charge in [-0.15, -0.1) is 0 Å². The van der Waals surface area contributed by atoms with Crippen LogP contribution in [0.15, 0.2) is 42.6 Å². The Morgan fingerprint density at radius 2 is 1.79 bits per heavy atom. The van der Waals surface area contributed by atoms with Crippen molar-refractivity contribution in [2.24, 2.45) is 0 Å². The van der Waals surface area contributed by atoms with Gasteiger partial charge in [-0.05, 0) is 18.2 Å². The van der Waals surface area contributed by atoms with Crippen molar-refractivity contribution in [1.82, 2.24) is 9.07 Å². The second-order valence-corrected chi connectivity index (χ2v) is 3.51. The molecule has 0 spiro atoms. The fraction of sp³-hybridized carbons (Fsp3) is 0. The Balaban J connectivity index is 2.69. The van der Waals surface area contributed by atoms with Crippen molar-refractivity contribution < 1.29 is 0 Å². The average Bonchev–Trinajstić information content (AvgIpc) is 2.55. The van der Waals surface area contributed by atoms with Gasteiger partial charge in [-0.1, -0.05) is 18.2 Å². The van der Waals surface area contributed by atoms with E-state index in [0.717, 1.165) is 21.9 Å². The molecule has 3 heteroatoms. The van der Waals surface area contributed by atoms with Crippen LogP contribution in [0.25, 0.3) is 21.9 Å². The second-order valence-electron chi connectivity index (χ2n) is 3.17. The Labute approximate surface area is 85.8 Å². The van der Waals surface area contributed by atoms with Crippen LogP contribution in [0.4, 0.5) is 0 Å². The van der Waals surface area contributed by atoms with Gasteiger partial charge in [-0.25, -0.2) is 9.07 Å². The van der Waals surface area contributed by atoms with E-state index in [1.807, 2.05) is 30.3 Å². The molecule has 68 valence electrons. The molecule has 0 aliphatic heterocycles. The monoisotopic (exact) mass is 202 g/mol. The summed E-state index contributed by atoms with van der Waals surface area (Å²) < 4.78 is 1.60. The SMILES string of the molecule is Cln1c2ccccc2c2cccnc21. The van der Waals surface area contributed by atoms with Gasteiger partial charge in [-0.2, -0.15) is 0 Å². The summed E-state index contributed by atoms with van der Waals surface area (Å²) in [5.74, 6) is 0. The smallest absolute Gasteiger partial charge is 0.155 e. The van der Waals surface area contributed by atoms with Gasteiger partial charge in [-0.3, -0.25) is 0 Å². The molecule has 1 aromatic carbocycles. The molecule has 0 unspecified atom stereocenters. The molecular weight excluding hydrogens is 196 g/mol. The third-order valence-corrected chi connectivity index (χ3v) is 2.72. The molecule has 2 aromatic heterocycles. The average molecular weight is 203 g/mol. The first-order valence-corrected chi connectivity index (χ1v) is 4.72. The van der Waals surface area contributed by atoms with E-state index in [4.69, 9.17) is 11.8 Å². The molecule has 0 fully saturated rings. The third kappa shape index (κ3) is 0.888. The van der Waals surface area contributed by atoms with Gasteiger partial charge in [0.2, 0.25) is 0 Å². The summed E-state index contributed by atoms with van der Waals surface area (Å²) >= 11 is 6.14. The van der Waals surface area contributed by atoms with Crippen molar-refractivity contribution in [2.75, 3.05) is 0 Å². The topological polar surface area (TPSA) is 17.8 Å². The van der Waals surface area contributed by atoms with Crippen molar-refractivity contribution in [3.8, 4) is 0 Å². The highest BCUT2D eigenvalue weighted by molar-refractivity contribution is 6.25. The van der Waals surface area contributed by atoms with E-state index in [9.17, 15) is 0 Å². The lowest BCUT2D eigenvalue weighted by molar-refractivity contribution is 1.28. The first-order chi connectivity index (χ1) is 6.88. The number of nitrogens with zero attached hydrogens (tertiary/aromatic N) is 2. The summed E-state index contributed by atoms with van der Waals surface area (Å²) in [7, 11) is 0. The number of hydrogen-bond donors (Lipinski definition) is 0. The molecule has 2 nitrogen and oxygen atoms in total. The van der Waals surface area contributed by atoms with E-state index in [-0.39, 0.29) is 0 Å². The number of rotatable bonds is 0. The first-order valence-electron chi connectivity index (χ1n) is 4.38. The molecule has 14 heavy (non-hydrogen) atoms. The van der Waals surface area contributed by atoms with E-state index < -0.39 is 0 Å². The summed E-state index contributed by atoms with van der Waals surface area (Å²) in [6.45, 7) is 0. The summed E-state index contributed by atoms with van der Waals surface area (Å²) in [5.41, 5.74) is 1.82. The lowest BCUT2D eigenvalue weighted by Gasteiger charge is -1.90. The maximum absolute atomic E-state index is 6.14. The molecule has 0 radical (unpaired) electrons. The summed E-state index contributed by atoms with van der Waals surface area (Å²) in [6.07, 6.45) is 1.75. The van der Waals surface area contributed by atoms with Gasteiger partial charge in [0.05, 0.1) is 5.52 Å². The lowest BCUT2D eigenvalue weighted by atomic mass is 10.2. The van der Waals surface area contributed by atoms with Crippen LogP contribution in [0.2, 0.25) is 0 Å². The Morgan fingerprint density at radius 1 is 1.00 bits per heavy atom. The number of aromatic nitrogens is 2. The minimum absolute atomic E-state index is 0.815. The van der Waals surface area contributed by atoms with Crippen LogP contribution in [0.1, 0.15) is 0 Å². The Kier molecular flexibility index (Phi) is 1.52. The fourth-order valence-electron chi connectivity index (χ4n) is 1.75. The van der Waals surface area contributed by atoms with Crippen LogP contribution in [-0.4, -0.2) is 9.07 Å². The molecular formula is C11H7ClN2. The number of hydrogen-bond acceptors (Lipinski definition) is 1. The van der Waals surface area contributed by atoms with E-state index in [1.54, 1.807) is 10.3 Å². The predicted octanol–water partition coefficient (Wildman–Crippen LogP) is 3.19. The lowest BCUT2D eigenvalue weighted by Crippen LogP contribution is -1.80. The Hall–Kier alpha value is -1.54. The molecule has 0 aliphatic carbocycles.